The quantitative estimate of drug-likeness (QED) is 0.626. The maximum atomic E-state index is 6.06. The maximum absolute atomic E-state index is 6.06. The van der Waals surface area contributed by atoms with Gasteiger partial charge in [-0.3, -0.25) is 0 Å². The molecular formula is C16H11Cl2NS. The Labute approximate surface area is 132 Å². The largest absolute Gasteiger partial charge is 0.246 e. The molecular weight excluding hydrogens is 309 g/mol. The van der Waals surface area contributed by atoms with Crippen molar-refractivity contribution in [3.05, 3.63) is 63.6 Å². The first-order chi connectivity index (χ1) is 9.63. The lowest BCUT2D eigenvalue weighted by Crippen LogP contribution is -1.97. The number of fused-ring (bicyclic) bond motifs is 1. The topological polar surface area (TPSA) is 12.4 Å². The number of halogens is 2. The summed E-state index contributed by atoms with van der Waals surface area (Å²) >= 11 is 13.7. The van der Waals surface area contributed by atoms with Gasteiger partial charge in [0.2, 0.25) is 0 Å². The molecule has 0 saturated heterocycles. The molecule has 0 saturated carbocycles. The maximum Gasteiger partial charge on any atom is 0.0755 e. The van der Waals surface area contributed by atoms with Crippen molar-refractivity contribution < 1.29 is 0 Å². The summed E-state index contributed by atoms with van der Waals surface area (Å²) in [5.41, 5.74) is 3.09. The highest BCUT2D eigenvalue weighted by Crippen LogP contribution is 2.36. The molecule has 1 nitrogen and oxygen atoms in total. The SMILES string of the molecule is CC1=N/C(=C\c2ccc(Cl)c(Cl)c2)c2ccccc2S1. The minimum Gasteiger partial charge on any atom is -0.246 e. The minimum absolute atomic E-state index is 0.556. The molecule has 1 aliphatic heterocycles. The Bertz CT molecular complexity index is 735. The Morgan fingerprint density at radius 1 is 1.05 bits per heavy atom. The summed E-state index contributed by atoms with van der Waals surface area (Å²) < 4.78 is 0. The van der Waals surface area contributed by atoms with Gasteiger partial charge in [0, 0.05) is 10.5 Å². The molecule has 4 heteroatoms. The van der Waals surface area contributed by atoms with Gasteiger partial charge in [0.1, 0.15) is 0 Å². The van der Waals surface area contributed by atoms with E-state index in [0.29, 0.717) is 10.0 Å². The number of hydrogen-bond acceptors (Lipinski definition) is 2. The van der Waals surface area contributed by atoms with Crippen LogP contribution in [0.1, 0.15) is 18.1 Å². The van der Waals surface area contributed by atoms with E-state index >= 15 is 0 Å². The van der Waals surface area contributed by atoms with Crippen molar-refractivity contribution in [2.24, 2.45) is 4.99 Å². The van der Waals surface area contributed by atoms with E-state index in [1.807, 2.05) is 37.3 Å². The molecule has 1 heterocycles. The van der Waals surface area contributed by atoms with Gasteiger partial charge < -0.3 is 0 Å². The van der Waals surface area contributed by atoms with E-state index in [-0.39, 0.29) is 0 Å². The molecule has 0 aromatic heterocycles. The van der Waals surface area contributed by atoms with E-state index < -0.39 is 0 Å². The minimum atomic E-state index is 0.556. The van der Waals surface area contributed by atoms with Gasteiger partial charge in [-0.25, -0.2) is 4.99 Å². The third kappa shape index (κ3) is 2.78. The smallest absolute Gasteiger partial charge is 0.0755 e. The molecule has 2 aromatic carbocycles. The second-order valence-corrected chi connectivity index (χ2v) is 6.48. The van der Waals surface area contributed by atoms with E-state index in [0.717, 1.165) is 21.9 Å². The van der Waals surface area contributed by atoms with Crippen LogP contribution in [0, 0.1) is 0 Å². The lowest BCUT2D eigenvalue weighted by Gasteiger charge is -2.15. The summed E-state index contributed by atoms with van der Waals surface area (Å²) in [7, 11) is 0. The second-order valence-electron chi connectivity index (χ2n) is 4.43. The van der Waals surface area contributed by atoms with Crippen LogP contribution in [-0.4, -0.2) is 5.04 Å². The van der Waals surface area contributed by atoms with Gasteiger partial charge in [0.15, 0.2) is 0 Å². The van der Waals surface area contributed by atoms with Crippen molar-refractivity contribution >= 4 is 51.8 Å². The van der Waals surface area contributed by atoms with Crippen molar-refractivity contribution in [1.82, 2.24) is 0 Å². The molecule has 0 bridgehead atoms. The highest BCUT2D eigenvalue weighted by atomic mass is 35.5. The Kier molecular flexibility index (Phi) is 3.88. The Balaban J connectivity index is 2.09. The number of hydrogen-bond donors (Lipinski definition) is 0. The number of thioether (sulfide) groups is 1. The van der Waals surface area contributed by atoms with E-state index in [1.54, 1.807) is 17.8 Å². The van der Waals surface area contributed by atoms with Gasteiger partial charge in [-0.1, -0.05) is 59.2 Å². The summed E-state index contributed by atoms with van der Waals surface area (Å²) in [6, 6.07) is 13.9. The van der Waals surface area contributed by atoms with Crippen LogP contribution >= 0.6 is 35.0 Å². The van der Waals surface area contributed by atoms with Crippen molar-refractivity contribution in [2.45, 2.75) is 11.8 Å². The van der Waals surface area contributed by atoms with Gasteiger partial charge in [0.25, 0.3) is 0 Å². The molecule has 0 N–H and O–H groups in total. The number of rotatable bonds is 1. The van der Waals surface area contributed by atoms with Crippen LogP contribution in [0.15, 0.2) is 52.4 Å². The van der Waals surface area contributed by atoms with Crippen molar-refractivity contribution in [3.8, 4) is 0 Å². The van der Waals surface area contributed by atoms with Gasteiger partial charge >= 0.3 is 0 Å². The summed E-state index contributed by atoms with van der Waals surface area (Å²) in [6.45, 7) is 2.02. The van der Waals surface area contributed by atoms with Crippen molar-refractivity contribution in [1.29, 1.82) is 0 Å². The summed E-state index contributed by atoms with van der Waals surface area (Å²) in [4.78, 5) is 5.86. The fraction of sp³-hybridized carbons (Fsp3) is 0.0625. The summed E-state index contributed by atoms with van der Waals surface area (Å²) in [5.74, 6) is 0. The zero-order valence-corrected chi connectivity index (χ0v) is 13.1. The van der Waals surface area contributed by atoms with Crippen LogP contribution in [-0.2, 0) is 0 Å². The van der Waals surface area contributed by atoms with E-state index in [1.165, 1.54) is 4.90 Å². The molecule has 0 radical (unpaired) electrons. The number of benzene rings is 2. The van der Waals surface area contributed by atoms with Gasteiger partial charge in [-0.15, -0.1) is 0 Å². The number of aliphatic imine (C=N–C) groups is 1. The molecule has 3 rings (SSSR count). The zero-order valence-electron chi connectivity index (χ0n) is 10.7. The molecule has 0 fully saturated rings. The predicted octanol–water partition coefficient (Wildman–Crippen LogP) is 6.02. The standard InChI is InChI=1S/C16H11Cl2NS/c1-10-19-15(12-4-2-3-5-16(12)20-10)9-11-6-7-13(17)14(18)8-11/h2-9H,1H3/b15-9-. The fourth-order valence-corrected chi connectivity index (χ4v) is 3.25. The van der Waals surface area contributed by atoms with Crippen LogP contribution in [0.4, 0.5) is 0 Å². The molecule has 0 aliphatic carbocycles. The average molecular weight is 320 g/mol. The second kappa shape index (κ2) is 5.65. The van der Waals surface area contributed by atoms with E-state index in [9.17, 15) is 0 Å². The highest BCUT2D eigenvalue weighted by Gasteiger charge is 2.14. The molecule has 100 valence electrons. The first-order valence-corrected chi connectivity index (χ1v) is 7.70. The Morgan fingerprint density at radius 2 is 1.85 bits per heavy atom. The zero-order chi connectivity index (χ0) is 14.1. The molecule has 1 aliphatic rings. The third-order valence-corrected chi connectivity index (χ3v) is 4.65. The van der Waals surface area contributed by atoms with Crippen LogP contribution in [0.25, 0.3) is 11.8 Å². The van der Waals surface area contributed by atoms with Gasteiger partial charge in [0.05, 0.1) is 20.8 Å². The third-order valence-electron chi connectivity index (χ3n) is 2.95. The Hall–Kier alpha value is -1.22. The molecule has 0 amide bonds. The first kappa shape index (κ1) is 13.7. The lowest BCUT2D eigenvalue weighted by molar-refractivity contribution is 1.36. The number of nitrogens with zero attached hydrogens (tertiary/aromatic N) is 1. The molecule has 20 heavy (non-hydrogen) atoms. The van der Waals surface area contributed by atoms with E-state index in [2.05, 4.69) is 17.1 Å². The first-order valence-electron chi connectivity index (χ1n) is 6.13. The van der Waals surface area contributed by atoms with Crippen LogP contribution in [0.5, 0.6) is 0 Å². The van der Waals surface area contributed by atoms with E-state index in [4.69, 9.17) is 23.2 Å². The predicted molar refractivity (Wildman–Crippen MR) is 89.7 cm³/mol. The molecule has 0 unspecified atom stereocenters. The van der Waals surface area contributed by atoms with Crippen LogP contribution in [0.2, 0.25) is 10.0 Å². The van der Waals surface area contributed by atoms with Gasteiger partial charge in [-0.05, 0) is 36.8 Å². The normalized spacial score (nSPS) is 15.9. The van der Waals surface area contributed by atoms with Crippen molar-refractivity contribution in [2.75, 3.05) is 0 Å². The fourth-order valence-electron chi connectivity index (χ4n) is 2.05. The highest BCUT2D eigenvalue weighted by molar-refractivity contribution is 8.14. The molecule has 0 spiro atoms. The molecule has 2 aromatic rings. The summed E-state index contributed by atoms with van der Waals surface area (Å²) in [6.07, 6.45) is 2.03. The van der Waals surface area contributed by atoms with Crippen LogP contribution in [0.3, 0.4) is 0 Å². The van der Waals surface area contributed by atoms with Gasteiger partial charge in [-0.2, -0.15) is 0 Å². The lowest BCUT2D eigenvalue weighted by atomic mass is 10.1. The Morgan fingerprint density at radius 3 is 2.65 bits per heavy atom. The monoisotopic (exact) mass is 319 g/mol. The summed E-state index contributed by atoms with van der Waals surface area (Å²) in [5, 5.41) is 2.16. The van der Waals surface area contributed by atoms with Crippen molar-refractivity contribution in [3.63, 3.8) is 0 Å². The van der Waals surface area contributed by atoms with Crippen LogP contribution < -0.4 is 0 Å². The average Bonchev–Trinajstić information content (AvgIpc) is 2.43. The molecule has 0 atom stereocenters.